The van der Waals surface area contributed by atoms with Crippen LogP contribution in [0.5, 0.6) is 0 Å². The number of pyridine rings is 1. The molecule has 4 nitrogen and oxygen atoms in total. The molecule has 1 aromatic heterocycles. The molecule has 2 aromatic rings. The molecule has 0 atom stereocenters. The zero-order valence-electron chi connectivity index (χ0n) is 16.8. The van der Waals surface area contributed by atoms with Gasteiger partial charge in [0.05, 0.1) is 4.90 Å². The molecule has 1 aromatic carbocycles. The SMILES string of the molecule is Cc1ccc(NS(=O)(=O)c2c(C(C)C)cc(C(C)C)cc2C(C)C)nc1. The summed E-state index contributed by atoms with van der Waals surface area (Å²) >= 11 is 0. The molecule has 0 spiro atoms. The van der Waals surface area contributed by atoms with E-state index < -0.39 is 10.0 Å². The van der Waals surface area contributed by atoms with Gasteiger partial charge in [-0.3, -0.25) is 4.72 Å². The summed E-state index contributed by atoms with van der Waals surface area (Å²) in [6.45, 7) is 14.3. The fraction of sp³-hybridized carbons (Fsp3) is 0.476. The summed E-state index contributed by atoms with van der Waals surface area (Å²) in [7, 11) is -3.73. The molecule has 0 radical (unpaired) electrons. The molecule has 1 heterocycles. The van der Waals surface area contributed by atoms with Gasteiger partial charge in [-0.2, -0.15) is 0 Å². The van der Waals surface area contributed by atoms with Gasteiger partial charge in [0.15, 0.2) is 0 Å². The van der Waals surface area contributed by atoms with Crippen LogP contribution < -0.4 is 4.72 Å². The zero-order chi connectivity index (χ0) is 19.6. The molecule has 0 bridgehead atoms. The number of benzene rings is 1. The van der Waals surface area contributed by atoms with Gasteiger partial charge in [0.1, 0.15) is 5.82 Å². The molecule has 0 unspecified atom stereocenters. The van der Waals surface area contributed by atoms with E-state index in [0.717, 1.165) is 16.7 Å². The van der Waals surface area contributed by atoms with E-state index in [0.29, 0.717) is 16.6 Å². The third kappa shape index (κ3) is 4.44. The largest absolute Gasteiger partial charge is 0.263 e. The van der Waals surface area contributed by atoms with Crippen LogP contribution in [0.3, 0.4) is 0 Å². The Morgan fingerprint density at radius 3 is 1.81 bits per heavy atom. The van der Waals surface area contributed by atoms with Crippen LogP contribution in [0.2, 0.25) is 0 Å². The van der Waals surface area contributed by atoms with E-state index in [2.05, 4.69) is 23.6 Å². The third-order valence-corrected chi connectivity index (χ3v) is 5.99. The first-order valence-electron chi connectivity index (χ1n) is 9.16. The molecule has 1 N–H and O–H groups in total. The number of aromatic nitrogens is 1. The fourth-order valence-corrected chi connectivity index (χ4v) is 4.62. The average Bonchev–Trinajstić information content (AvgIpc) is 2.55. The minimum absolute atomic E-state index is 0.101. The van der Waals surface area contributed by atoms with Crippen molar-refractivity contribution in [1.29, 1.82) is 0 Å². The van der Waals surface area contributed by atoms with Gasteiger partial charge < -0.3 is 0 Å². The highest BCUT2D eigenvalue weighted by Crippen LogP contribution is 2.35. The van der Waals surface area contributed by atoms with Gasteiger partial charge in [-0.05, 0) is 53.0 Å². The van der Waals surface area contributed by atoms with E-state index in [9.17, 15) is 8.42 Å². The van der Waals surface area contributed by atoms with Crippen molar-refractivity contribution in [1.82, 2.24) is 4.98 Å². The van der Waals surface area contributed by atoms with E-state index in [1.54, 1.807) is 12.3 Å². The maximum absolute atomic E-state index is 13.3. The van der Waals surface area contributed by atoms with Crippen LogP contribution in [-0.2, 0) is 10.0 Å². The molecule has 0 aliphatic carbocycles. The molecule has 0 aliphatic heterocycles. The van der Waals surface area contributed by atoms with Crippen LogP contribution in [0.15, 0.2) is 35.4 Å². The quantitative estimate of drug-likeness (QED) is 0.720. The topological polar surface area (TPSA) is 59.1 Å². The second-order valence-corrected chi connectivity index (χ2v) is 9.44. The maximum atomic E-state index is 13.3. The van der Waals surface area contributed by atoms with Crippen molar-refractivity contribution in [3.05, 3.63) is 52.7 Å². The molecule has 142 valence electrons. The standard InChI is InChI=1S/C21H30N2O2S/c1-13(2)17-10-18(14(3)4)21(19(11-17)15(5)6)26(24,25)23-20-9-8-16(7)12-22-20/h8-15H,1-7H3,(H,22,23). The fourth-order valence-electron chi connectivity index (χ4n) is 2.92. The van der Waals surface area contributed by atoms with Crippen LogP contribution >= 0.6 is 0 Å². The molecular formula is C21H30N2O2S. The minimum Gasteiger partial charge on any atom is -0.263 e. The van der Waals surface area contributed by atoms with E-state index in [1.807, 2.05) is 52.8 Å². The van der Waals surface area contributed by atoms with Crippen LogP contribution in [-0.4, -0.2) is 13.4 Å². The van der Waals surface area contributed by atoms with Gasteiger partial charge in [0.2, 0.25) is 0 Å². The maximum Gasteiger partial charge on any atom is 0.263 e. The van der Waals surface area contributed by atoms with E-state index >= 15 is 0 Å². The van der Waals surface area contributed by atoms with E-state index in [-0.39, 0.29) is 11.8 Å². The van der Waals surface area contributed by atoms with Crippen LogP contribution in [0.1, 0.15) is 81.5 Å². The molecule has 0 fully saturated rings. The number of nitrogens with one attached hydrogen (secondary N) is 1. The summed E-state index contributed by atoms with van der Waals surface area (Å²) in [6, 6.07) is 7.62. The summed E-state index contributed by atoms with van der Waals surface area (Å²) < 4.78 is 29.2. The predicted molar refractivity (Wildman–Crippen MR) is 108 cm³/mol. The highest BCUT2D eigenvalue weighted by atomic mass is 32.2. The molecule has 5 heteroatoms. The Kier molecular flexibility index (Phi) is 6.12. The number of nitrogens with zero attached hydrogens (tertiary/aromatic N) is 1. The lowest BCUT2D eigenvalue weighted by Gasteiger charge is -2.23. The Labute approximate surface area is 158 Å². The second-order valence-electron chi connectivity index (χ2n) is 7.82. The smallest absolute Gasteiger partial charge is 0.263 e. The van der Waals surface area contributed by atoms with Gasteiger partial charge in [0, 0.05) is 6.20 Å². The molecule has 0 saturated carbocycles. The van der Waals surface area contributed by atoms with Gasteiger partial charge >= 0.3 is 0 Å². The van der Waals surface area contributed by atoms with Crippen molar-refractivity contribution in [2.75, 3.05) is 4.72 Å². The lowest BCUT2D eigenvalue weighted by molar-refractivity contribution is 0.595. The normalized spacial score (nSPS) is 12.2. The second kappa shape index (κ2) is 7.78. The average molecular weight is 375 g/mol. The number of hydrogen-bond acceptors (Lipinski definition) is 3. The van der Waals surface area contributed by atoms with Crippen LogP contribution in [0, 0.1) is 6.92 Å². The summed E-state index contributed by atoms with van der Waals surface area (Å²) in [5, 5.41) is 0. The highest BCUT2D eigenvalue weighted by Gasteiger charge is 2.27. The molecular weight excluding hydrogens is 344 g/mol. The van der Waals surface area contributed by atoms with Crippen molar-refractivity contribution in [2.24, 2.45) is 0 Å². The molecule has 0 aliphatic rings. The lowest BCUT2D eigenvalue weighted by Crippen LogP contribution is -2.19. The highest BCUT2D eigenvalue weighted by molar-refractivity contribution is 7.92. The van der Waals surface area contributed by atoms with Crippen molar-refractivity contribution >= 4 is 15.8 Å². The number of aryl methyl sites for hydroxylation is 1. The van der Waals surface area contributed by atoms with Gasteiger partial charge in [-0.25, -0.2) is 13.4 Å². The molecule has 26 heavy (non-hydrogen) atoms. The Morgan fingerprint density at radius 2 is 1.42 bits per heavy atom. The first-order chi connectivity index (χ1) is 12.0. The minimum atomic E-state index is -3.73. The van der Waals surface area contributed by atoms with E-state index in [1.165, 1.54) is 5.56 Å². The Bertz CT molecular complexity index is 838. The van der Waals surface area contributed by atoms with E-state index in [4.69, 9.17) is 0 Å². The number of anilines is 1. The third-order valence-electron chi connectivity index (χ3n) is 4.50. The Balaban J connectivity index is 2.66. The Morgan fingerprint density at radius 1 is 0.885 bits per heavy atom. The zero-order valence-corrected chi connectivity index (χ0v) is 17.6. The van der Waals surface area contributed by atoms with Crippen molar-refractivity contribution in [3.63, 3.8) is 0 Å². The monoisotopic (exact) mass is 374 g/mol. The lowest BCUT2D eigenvalue weighted by atomic mass is 9.89. The number of rotatable bonds is 6. The van der Waals surface area contributed by atoms with Crippen molar-refractivity contribution in [3.8, 4) is 0 Å². The predicted octanol–water partition coefficient (Wildman–Crippen LogP) is 5.56. The Hall–Kier alpha value is -1.88. The number of hydrogen-bond donors (Lipinski definition) is 1. The first kappa shape index (κ1) is 20.4. The van der Waals surface area contributed by atoms with Crippen LogP contribution in [0.25, 0.3) is 0 Å². The summed E-state index contributed by atoms with van der Waals surface area (Å²) in [4.78, 5) is 4.59. The molecule has 0 amide bonds. The van der Waals surface area contributed by atoms with Crippen molar-refractivity contribution in [2.45, 2.75) is 71.1 Å². The molecule has 2 rings (SSSR count). The van der Waals surface area contributed by atoms with Gasteiger partial charge in [-0.1, -0.05) is 59.7 Å². The van der Waals surface area contributed by atoms with Crippen molar-refractivity contribution < 1.29 is 8.42 Å². The number of sulfonamides is 1. The first-order valence-corrected chi connectivity index (χ1v) is 10.6. The summed E-state index contributed by atoms with van der Waals surface area (Å²) in [6.07, 6.45) is 1.66. The van der Waals surface area contributed by atoms with Gasteiger partial charge in [0.25, 0.3) is 10.0 Å². The van der Waals surface area contributed by atoms with Gasteiger partial charge in [-0.15, -0.1) is 0 Å². The summed E-state index contributed by atoms with van der Waals surface area (Å²) in [5.41, 5.74) is 3.88. The molecule has 0 saturated heterocycles. The van der Waals surface area contributed by atoms with Crippen LogP contribution in [0.4, 0.5) is 5.82 Å². The summed E-state index contributed by atoms with van der Waals surface area (Å²) in [5.74, 6) is 0.883.